The minimum absolute atomic E-state index is 0.0415. The van der Waals surface area contributed by atoms with E-state index in [1.165, 1.54) is 0 Å². The maximum absolute atomic E-state index is 6.04. The second-order valence-corrected chi connectivity index (χ2v) is 5.36. The number of pyridine rings is 1. The highest BCUT2D eigenvalue weighted by molar-refractivity contribution is 6.66. The first-order valence-electron chi connectivity index (χ1n) is 5.03. The normalized spacial score (nSPS) is 19.9. The van der Waals surface area contributed by atoms with Gasteiger partial charge in [-0.25, -0.2) is 4.98 Å². The Morgan fingerprint density at radius 1 is 1.31 bits per heavy atom. The van der Waals surface area contributed by atoms with Crippen LogP contribution in [-0.4, -0.2) is 25.3 Å². The van der Waals surface area contributed by atoms with E-state index in [0.29, 0.717) is 18.2 Å². The molecule has 6 heteroatoms. The Balaban J connectivity index is 2.17. The zero-order valence-corrected chi connectivity index (χ0v) is 10.7. The summed E-state index contributed by atoms with van der Waals surface area (Å²) in [4.78, 5) is 3.89. The Morgan fingerprint density at radius 3 is 2.56 bits per heavy atom. The van der Waals surface area contributed by atoms with Gasteiger partial charge in [0.15, 0.2) is 0 Å². The zero-order chi connectivity index (χ0) is 11.8. The highest BCUT2D eigenvalue weighted by Crippen LogP contribution is 2.23. The molecule has 3 nitrogen and oxygen atoms in total. The number of aromatic nitrogens is 1. The fourth-order valence-electron chi connectivity index (χ4n) is 1.49. The second-order valence-electron chi connectivity index (χ2n) is 4.62. The quantitative estimate of drug-likeness (QED) is 0.572. The molecule has 0 spiro atoms. The molecule has 1 fully saturated rings. The van der Waals surface area contributed by atoms with Gasteiger partial charge >= 0.3 is 7.12 Å². The van der Waals surface area contributed by atoms with Crippen LogP contribution < -0.4 is 5.46 Å². The van der Waals surface area contributed by atoms with Gasteiger partial charge in [-0.3, -0.25) is 0 Å². The molecule has 1 aromatic heterocycles. The molecule has 0 N–H and O–H groups in total. The molecule has 16 heavy (non-hydrogen) atoms. The van der Waals surface area contributed by atoms with Crippen LogP contribution in [0.2, 0.25) is 10.2 Å². The van der Waals surface area contributed by atoms with Gasteiger partial charge in [0.2, 0.25) is 0 Å². The molecule has 1 aromatic rings. The summed E-state index contributed by atoms with van der Waals surface area (Å²) >= 11 is 11.9. The van der Waals surface area contributed by atoms with Gasteiger partial charge in [-0.1, -0.05) is 37.0 Å². The molecule has 0 bridgehead atoms. The van der Waals surface area contributed by atoms with Gasteiger partial charge < -0.3 is 9.31 Å². The molecule has 0 amide bonds. The second kappa shape index (κ2) is 4.53. The largest absolute Gasteiger partial charge is 0.495 e. The van der Waals surface area contributed by atoms with Gasteiger partial charge in [0, 0.05) is 30.3 Å². The molecule has 86 valence electrons. The van der Waals surface area contributed by atoms with Crippen LogP contribution in [0.4, 0.5) is 0 Å². The molecule has 1 aliphatic heterocycles. The SMILES string of the molecule is CC1(C)COB(c2ccnc(Cl)c2Cl)OC1. The minimum Gasteiger partial charge on any atom is -0.407 e. The summed E-state index contributed by atoms with van der Waals surface area (Å²) in [6.45, 7) is 5.44. The standard InChI is InChI=1S/C10H12BCl2NO2/c1-10(2)5-15-11(16-6-10)7-3-4-14-9(13)8(7)12/h3-4H,5-6H2,1-2H3. The summed E-state index contributed by atoms with van der Waals surface area (Å²) in [6, 6.07) is 1.76. The van der Waals surface area contributed by atoms with Crippen molar-refractivity contribution in [3.63, 3.8) is 0 Å². The van der Waals surface area contributed by atoms with Crippen molar-refractivity contribution in [1.82, 2.24) is 4.98 Å². The number of hydrogen-bond acceptors (Lipinski definition) is 3. The molecule has 0 unspecified atom stereocenters. The van der Waals surface area contributed by atoms with Crippen LogP contribution >= 0.6 is 23.2 Å². The maximum Gasteiger partial charge on any atom is 0.495 e. The van der Waals surface area contributed by atoms with Crippen molar-refractivity contribution in [2.75, 3.05) is 13.2 Å². The van der Waals surface area contributed by atoms with Crippen molar-refractivity contribution in [3.05, 3.63) is 22.4 Å². The van der Waals surface area contributed by atoms with E-state index in [4.69, 9.17) is 32.5 Å². The fraction of sp³-hybridized carbons (Fsp3) is 0.500. The molecule has 1 aliphatic rings. The lowest BCUT2D eigenvalue weighted by molar-refractivity contribution is 0.0343. The molecule has 0 radical (unpaired) electrons. The first kappa shape index (κ1) is 12.2. The molecular formula is C10H12BCl2NO2. The first-order valence-corrected chi connectivity index (χ1v) is 5.78. The van der Waals surface area contributed by atoms with Crippen LogP contribution in [0.5, 0.6) is 0 Å². The van der Waals surface area contributed by atoms with E-state index in [2.05, 4.69) is 18.8 Å². The maximum atomic E-state index is 6.04. The van der Waals surface area contributed by atoms with E-state index in [-0.39, 0.29) is 10.6 Å². The summed E-state index contributed by atoms with van der Waals surface area (Å²) in [5.74, 6) is 0. The molecular weight excluding hydrogens is 248 g/mol. The molecule has 1 saturated heterocycles. The topological polar surface area (TPSA) is 31.4 Å². The Morgan fingerprint density at radius 2 is 1.94 bits per heavy atom. The number of halogens is 2. The average Bonchev–Trinajstić information content (AvgIpc) is 2.23. The highest BCUT2D eigenvalue weighted by atomic mass is 35.5. The van der Waals surface area contributed by atoms with Gasteiger partial charge in [0.25, 0.3) is 0 Å². The highest BCUT2D eigenvalue weighted by Gasteiger charge is 2.35. The molecule has 0 aliphatic carbocycles. The Kier molecular flexibility index (Phi) is 3.45. The van der Waals surface area contributed by atoms with E-state index in [1.807, 2.05) is 0 Å². The van der Waals surface area contributed by atoms with Crippen LogP contribution in [0.1, 0.15) is 13.8 Å². The molecule has 0 saturated carbocycles. The smallest absolute Gasteiger partial charge is 0.407 e. The monoisotopic (exact) mass is 259 g/mol. The minimum atomic E-state index is -0.443. The predicted octanol–water partition coefficient (Wildman–Crippen LogP) is 2.16. The predicted molar refractivity (Wildman–Crippen MR) is 65.3 cm³/mol. The summed E-state index contributed by atoms with van der Waals surface area (Å²) < 4.78 is 11.2. The van der Waals surface area contributed by atoms with Crippen LogP contribution in [0, 0.1) is 5.41 Å². The van der Waals surface area contributed by atoms with Crippen molar-refractivity contribution in [3.8, 4) is 0 Å². The average molecular weight is 260 g/mol. The summed E-state index contributed by atoms with van der Waals surface area (Å²) in [5.41, 5.74) is 0.775. The number of rotatable bonds is 1. The van der Waals surface area contributed by atoms with E-state index in [0.717, 1.165) is 5.46 Å². The Hall–Kier alpha value is -0.285. The molecule has 0 atom stereocenters. The van der Waals surface area contributed by atoms with Gasteiger partial charge in [0.05, 0.1) is 5.02 Å². The summed E-state index contributed by atoms with van der Waals surface area (Å²) in [5, 5.41) is 0.671. The van der Waals surface area contributed by atoms with Gasteiger partial charge in [-0.15, -0.1) is 0 Å². The van der Waals surface area contributed by atoms with Crippen LogP contribution in [-0.2, 0) is 9.31 Å². The molecule has 2 heterocycles. The first-order chi connectivity index (χ1) is 7.49. The van der Waals surface area contributed by atoms with Crippen molar-refractivity contribution in [2.24, 2.45) is 5.41 Å². The zero-order valence-electron chi connectivity index (χ0n) is 9.17. The van der Waals surface area contributed by atoms with E-state index in [1.54, 1.807) is 12.3 Å². The Bertz CT molecular complexity index is 390. The number of hydrogen-bond donors (Lipinski definition) is 0. The van der Waals surface area contributed by atoms with Crippen molar-refractivity contribution in [2.45, 2.75) is 13.8 Å². The fourth-order valence-corrected chi connectivity index (χ4v) is 1.85. The van der Waals surface area contributed by atoms with Crippen molar-refractivity contribution >= 4 is 35.8 Å². The lowest BCUT2D eigenvalue weighted by atomic mass is 9.76. The lowest BCUT2D eigenvalue weighted by Gasteiger charge is -2.33. The van der Waals surface area contributed by atoms with E-state index in [9.17, 15) is 0 Å². The van der Waals surface area contributed by atoms with Gasteiger partial charge in [0.1, 0.15) is 5.15 Å². The third kappa shape index (κ3) is 2.51. The molecule has 0 aromatic carbocycles. The van der Waals surface area contributed by atoms with Gasteiger partial charge in [-0.2, -0.15) is 0 Å². The summed E-state index contributed by atoms with van der Waals surface area (Å²) in [7, 11) is -0.443. The summed E-state index contributed by atoms with van der Waals surface area (Å²) in [6.07, 6.45) is 1.59. The number of nitrogens with zero attached hydrogens (tertiary/aromatic N) is 1. The third-order valence-corrected chi connectivity index (χ3v) is 3.16. The third-order valence-electron chi connectivity index (χ3n) is 2.38. The van der Waals surface area contributed by atoms with Crippen LogP contribution in [0.25, 0.3) is 0 Å². The van der Waals surface area contributed by atoms with Crippen molar-refractivity contribution < 1.29 is 9.31 Å². The van der Waals surface area contributed by atoms with Crippen LogP contribution in [0.15, 0.2) is 12.3 Å². The van der Waals surface area contributed by atoms with E-state index < -0.39 is 7.12 Å². The van der Waals surface area contributed by atoms with Gasteiger partial charge in [-0.05, 0) is 6.07 Å². The van der Waals surface area contributed by atoms with Crippen LogP contribution in [0.3, 0.4) is 0 Å². The molecule has 2 rings (SSSR count). The van der Waals surface area contributed by atoms with E-state index >= 15 is 0 Å². The van der Waals surface area contributed by atoms with Crippen molar-refractivity contribution in [1.29, 1.82) is 0 Å². The Labute approximate surface area is 105 Å². The lowest BCUT2D eigenvalue weighted by Crippen LogP contribution is -2.47.